The molecule has 0 saturated carbocycles. The lowest BCUT2D eigenvalue weighted by Crippen LogP contribution is -2.46. The van der Waals surface area contributed by atoms with Crippen LogP contribution in [0.4, 0.5) is 10.9 Å². The summed E-state index contributed by atoms with van der Waals surface area (Å²) in [4.78, 5) is 17.4. The van der Waals surface area contributed by atoms with Crippen molar-refractivity contribution in [2.45, 2.75) is 13.5 Å². The number of aliphatic hydroxyl groups excluding tert-OH is 1. The normalized spacial score (nSPS) is 15.7. The van der Waals surface area contributed by atoms with Gasteiger partial charge in [-0.1, -0.05) is 0 Å². The monoisotopic (exact) mass is 291 g/mol. The number of nitrogens with zero attached hydrogens (tertiary/aromatic N) is 5. The average Bonchev–Trinajstić information content (AvgIpc) is 2.94. The van der Waals surface area contributed by atoms with Gasteiger partial charge < -0.3 is 14.9 Å². The third kappa shape index (κ3) is 2.73. The molecule has 0 unspecified atom stereocenters. The van der Waals surface area contributed by atoms with Crippen molar-refractivity contribution in [1.82, 2.24) is 15.0 Å². The van der Waals surface area contributed by atoms with Gasteiger partial charge in [0.15, 0.2) is 11.0 Å². The minimum Gasteiger partial charge on any atom is -0.388 e. The van der Waals surface area contributed by atoms with E-state index < -0.39 is 0 Å². The molecule has 6 nitrogen and oxygen atoms in total. The number of hydrogen-bond donors (Lipinski definition) is 1. The Morgan fingerprint density at radius 2 is 1.95 bits per heavy atom. The van der Waals surface area contributed by atoms with Gasteiger partial charge in [-0.15, -0.1) is 11.3 Å². The Morgan fingerprint density at radius 1 is 1.20 bits per heavy atom. The van der Waals surface area contributed by atoms with Gasteiger partial charge in [0.2, 0.25) is 0 Å². The van der Waals surface area contributed by atoms with E-state index in [-0.39, 0.29) is 6.61 Å². The zero-order chi connectivity index (χ0) is 13.9. The molecule has 3 rings (SSSR count). The maximum atomic E-state index is 9.09. The lowest BCUT2D eigenvalue weighted by Gasteiger charge is -2.35. The molecule has 1 N–H and O–H groups in total. The fourth-order valence-electron chi connectivity index (χ4n) is 2.25. The van der Waals surface area contributed by atoms with Crippen molar-refractivity contribution in [2.24, 2.45) is 0 Å². The lowest BCUT2D eigenvalue weighted by molar-refractivity contribution is 0.271. The van der Waals surface area contributed by atoms with Gasteiger partial charge in [-0.2, -0.15) is 0 Å². The average molecular weight is 291 g/mol. The molecule has 0 spiro atoms. The Hall–Kier alpha value is -1.73. The first-order valence-electron chi connectivity index (χ1n) is 6.61. The van der Waals surface area contributed by atoms with E-state index in [2.05, 4.69) is 30.1 Å². The van der Waals surface area contributed by atoms with E-state index in [1.54, 1.807) is 17.5 Å². The molecule has 1 saturated heterocycles. The van der Waals surface area contributed by atoms with E-state index in [4.69, 9.17) is 5.11 Å². The standard InChI is InChI=1S/C13H17N5OS/c1-10-9-20-13(15-10)18-6-4-17(5-7-18)12-2-3-14-11(8-19)16-12/h2-3,9,19H,4-8H2,1H3. The largest absolute Gasteiger partial charge is 0.388 e. The van der Waals surface area contributed by atoms with Gasteiger partial charge in [0.25, 0.3) is 0 Å². The third-order valence-electron chi connectivity index (χ3n) is 3.31. The molecule has 3 heterocycles. The molecular formula is C13H17N5OS. The predicted octanol–water partition coefficient (Wildman–Crippen LogP) is 1.06. The number of anilines is 2. The van der Waals surface area contributed by atoms with Gasteiger partial charge in [-0.25, -0.2) is 15.0 Å². The molecule has 1 aliphatic heterocycles. The number of hydrogen-bond acceptors (Lipinski definition) is 7. The molecule has 2 aromatic rings. The van der Waals surface area contributed by atoms with Crippen LogP contribution in [0.5, 0.6) is 0 Å². The summed E-state index contributed by atoms with van der Waals surface area (Å²) in [5, 5.41) is 12.3. The van der Waals surface area contributed by atoms with Crippen LogP contribution in [-0.4, -0.2) is 46.2 Å². The highest BCUT2D eigenvalue weighted by atomic mass is 32.1. The van der Waals surface area contributed by atoms with Crippen LogP contribution in [0.15, 0.2) is 17.6 Å². The van der Waals surface area contributed by atoms with Gasteiger partial charge in [0.05, 0.1) is 5.69 Å². The molecule has 106 valence electrons. The van der Waals surface area contributed by atoms with E-state index in [1.807, 2.05) is 13.0 Å². The Bertz CT molecular complexity index is 580. The second-order valence-corrected chi connectivity index (χ2v) is 5.57. The van der Waals surface area contributed by atoms with Gasteiger partial charge >= 0.3 is 0 Å². The van der Waals surface area contributed by atoms with Gasteiger partial charge in [-0.3, -0.25) is 0 Å². The molecule has 0 radical (unpaired) electrons. The fraction of sp³-hybridized carbons (Fsp3) is 0.462. The summed E-state index contributed by atoms with van der Waals surface area (Å²) in [5.41, 5.74) is 1.08. The van der Waals surface area contributed by atoms with Crippen molar-refractivity contribution < 1.29 is 5.11 Å². The predicted molar refractivity (Wildman–Crippen MR) is 79.2 cm³/mol. The molecule has 20 heavy (non-hydrogen) atoms. The van der Waals surface area contributed by atoms with Crippen molar-refractivity contribution in [1.29, 1.82) is 0 Å². The van der Waals surface area contributed by atoms with Crippen molar-refractivity contribution in [2.75, 3.05) is 36.0 Å². The number of aryl methyl sites for hydroxylation is 1. The Morgan fingerprint density at radius 3 is 2.60 bits per heavy atom. The zero-order valence-corrected chi connectivity index (χ0v) is 12.2. The molecule has 0 amide bonds. The van der Waals surface area contributed by atoms with E-state index in [1.165, 1.54) is 0 Å². The van der Waals surface area contributed by atoms with Crippen LogP contribution in [0.2, 0.25) is 0 Å². The van der Waals surface area contributed by atoms with Crippen LogP contribution in [0.3, 0.4) is 0 Å². The summed E-state index contributed by atoms with van der Waals surface area (Å²) in [6.45, 7) is 5.58. The summed E-state index contributed by atoms with van der Waals surface area (Å²) in [6, 6.07) is 1.89. The van der Waals surface area contributed by atoms with Crippen LogP contribution in [0, 0.1) is 6.92 Å². The minimum absolute atomic E-state index is 0.119. The van der Waals surface area contributed by atoms with Crippen LogP contribution in [0.25, 0.3) is 0 Å². The van der Waals surface area contributed by atoms with Crippen LogP contribution >= 0.6 is 11.3 Å². The van der Waals surface area contributed by atoms with Gasteiger partial charge in [0, 0.05) is 37.8 Å². The van der Waals surface area contributed by atoms with Gasteiger partial charge in [0.1, 0.15) is 12.4 Å². The summed E-state index contributed by atoms with van der Waals surface area (Å²) < 4.78 is 0. The molecule has 1 fully saturated rings. The Kier molecular flexibility index (Phi) is 3.79. The van der Waals surface area contributed by atoms with E-state index in [0.717, 1.165) is 42.8 Å². The summed E-state index contributed by atoms with van der Waals surface area (Å²) in [5.74, 6) is 1.36. The maximum absolute atomic E-state index is 9.09. The van der Waals surface area contributed by atoms with Crippen molar-refractivity contribution >= 4 is 22.3 Å². The first-order chi connectivity index (χ1) is 9.76. The molecular weight excluding hydrogens is 274 g/mol. The molecule has 0 bridgehead atoms. The molecule has 0 aromatic carbocycles. The Balaban J connectivity index is 1.66. The second kappa shape index (κ2) is 5.72. The molecule has 7 heteroatoms. The SMILES string of the molecule is Cc1csc(N2CCN(c3ccnc(CO)n3)CC2)n1. The highest BCUT2D eigenvalue weighted by molar-refractivity contribution is 7.13. The second-order valence-electron chi connectivity index (χ2n) is 4.73. The molecule has 2 aromatic heterocycles. The van der Waals surface area contributed by atoms with Crippen LogP contribution in [0.1, 0.15) is 11.5 Å². The highest BCUT2D eigenvalue weighted by Crippen LogP contribution is 2.22. The van der Waals surface area contributed by atoms with E-state index >= 15 is 0 Å². The fourth-order valence-corrected chi connectivity index (χ4v) is 3.11. The summed E-state index contributed by atoms with van der Waals surface area (Å²) in [7, 11) is 0. The highest BCUT2D eigenvalue weighted by Gasteiger charge is 2.20. The van der Waals surface area contributed by atoms with Crippen LogP contribution < -0.4 is 9.80 Å². The van der Waals surface area contributed by atoms with E-state index in [0.29, 0.717) is 5.82 Å². The number of piperazine rings is 1. The van der Waals surface area contributed by atoms with Crippen molar-refractivity contribution in [3.63, 3.8) is 0 Å². The zero-order valence-electron chi connectivity index (χ0n) is 11.4. The first-order valence-corrected chi connectivity index (χ1v) is 7.49. The number of rotatable bonds is 3. The number of aliphatic hydroxyl groups is 1. The summed E-state index contributed by atoms with van der Waals surface area (Å²) in [6.07, 6.45) is 1.70. The topological polar surface area (TPSA) is 65.4 Å². The lowest BCUT2D eigenvalue weighted by atomic mass is 10.3. The van der Waals surface area contributed by atoms with Crippen molar-refractivity contribution in [3.05, 3.63) is 29.2 Å². The van der Waals surface area contributed by atoms with Crippen molar-refractivity contribution in [3.8, 4) is 0 Å². The number of aromatic nitrogens is 3. The minimum atomic E-state index is -0.119. The quantitative estimate of drug-likeness (QED) is 0.912. The molecule has 0 aliphatic carbocycles. The molecule has 0 atom stereocenters. The van der Waals surface area contributed by atoms with Gasteiger partial charge in [-0.05, 0) is 13.0 Å². The van der Waals surface area contributed by atoms with E-state index in [9.17, 15) is 0 Å². The Labute approximate surface area is 121 Å². The smallest absolute Gasteiger partial charge is 0.185 e. The summed E-state index contributed by atoms with van der Waals surface area (Å²) >= 11 is 1.70. The maximum Gasteiger partial charge on any atom is 0.185 e. The van der Waals surface area contributed by atoms with Crippen LogP contribution in [-0.2, 0) is 6.61 Å². The first kappa shape index (κ1) is 13.3. The third-order valence-corrected chi connectivity index (χ3v) is 4.33. The molecule has 1 aliphatic rings. The number of thiazole rings is 1.